The number of rotatable bonds is 5. The van der Waals surface area contributed by atoms with Crippen LogP contribution in [-0.2, 0) is 0 Å². The number of thiophene rings is 1. The lowest BCUT2D eigenvalue weighted by Gasteiger charge is -2.26. The van der Waals surface area contributed by atoms with E-state index in [9.17, 15) is 0 Å². The Balaban J connectivity index is 1.14. The Morgan fingerprint density at radius 1 is 0.462 bits per heavy atom. The van der Waals surface area contributed by atoms with Crippen molar-refractivity contribution in [2.45, 2.75) is 0 Å². The minimum Gasteiger partial charge on any atom is -0.456 e. The Labute approximate surface area is 307 Å². The van der Waals surface area contributed by atoms with Gasteiger partial charge in [-0.2, -0.15) is 0 Å². The van der Waals surface area contributed by atoms with E-state index in [4.69, 9.17) is 9.40 Å². The zero-order chi connectivity index (χ0) is 34.2. The van der Waals surface area contributed by atoms with Gasteiger partial charge in [-0.25, -0.2) is 4.98 Å². The number of benzene rings is 8. The van der Waals surface area contributed by atoms with Crippen LogP contribution in [0.4, 0.5) is 17.1 Å². The highest BCUT2D eigenvalue weighted by atomic mass is 32.1. The molecule has 244 valence electrons. The summed E-state index contributed by atoms with van der Waals surface area (Å²) in [6.07, 6.45) is 0. The first-order chi connectivity index (χ1) is 25.8. The number of hydrogen-bond donors (Lipinski definition) is 0. The Morgan fingerprint density at radius 2 is 1.17 bits per heavy atom. The molecule has 0 fully saturated rings. The van der Waals surface area contributed by atoms with Crippen LogP contribution in [0.5, 0.6) is 0 Å². The maximum Gasteiger partial charge on any atom is 0.137 e. The van der Waals surface area contributed by atoms with Gasteiger partial charge < -0.3 is 9.32 Å². The van der Waals surface area contributed by atoms with Crippen LogP contribution >= 0.6 is 22.7 Å². The average molecular weight is 701 g/mol. The SMILES string of the molecule is c1ccc(-c2nc3c(ccc4sc5ccc(N(c6ccc(-c7cccc8ccccc78)cc6)c6cccc7oc8ccccc8c67)cc5c43)s2)cc1. The first kappa shape index (κ1) is 29.5. The fourth-order valence-electron chi connectivity index (χ4n) is 7.72. The highest BCUT2D eigenvalue weighted by molar-refractivity contribution is 7.26. The molecular weight excluding hydrogens is 673 g/mol. The molecule has 5 heteroatoms. The summed E-state index contributed by atoms with van der Waals surface area (Å²) in [6.45, 7) is 0. The summed E-state index contributed by atoms with van der Waals surface area (Å²) in [5.41, 5.74) is 9.62. The lowest BCUT2D eigenvalue weighted by atomic mass is 9.98. The molecule has 0 aliphatic rings. The van der Waals surface area contributed by atoms with Crippen LogP contribution in [-0.4, -0.2) is 4.98 Å². The molecule has 0 radical (unpaired) electrons. The minimum atomic E-state index is 0.871. The van der Waals surface area contributed by atoms with E-state index in [0.717, 1.165) is 55.1 Å². The van der Waals surface area contributed by atoms with Crippen LogP contribution in [0.25, 0.3) is 84.8 Å². The number of nitrogens with zero attached hydrogens (tertiary/aromatic N) is 2. The summed E-state index contributed by atoms with van der Waals surface area (Å²) >= 11 is 3.59. The fraction of sp³-hybridized carbons (Fsp3) is 0. The first-order valence-electron chi connectivity index (χ1n) is 17.4. The standard InChI is InChI=1S/C47H28N2OS2/c1-2-11-31(12-3-1)47-48-46-43(52-47)27-26-42-45(46)37-28-33(24-25-41(37)51-42)49(38-17-9-19-40-44(38)36-15-6-7-18-39(36)50-40)32-22-20-30(21-23-32)35-16-8-13-29-10-4-5-14-34(29)35/h1-28H. The quantitative estimate of drug-likeness (QED) is 0.179. The molecule has 3 aromatic heterocycles. The number of para-hydroxylation sites is 1. The van der Waals surface area contributed by atoms with E-state index in [1.54, 1.807) is 11.3 Å². The zero-order valence-electron chi connectivity index (χ0n) is 27.8. The van der Waals surface area contributed by atoms with Crippen molar-refractivity contribution in [2.24, 2.45) is 0 Å². The summed E-state index contributed by atoms with van der Waals surface area (Å²) in [6, 6.07) is 60.7. The third-order valence-electron chi connectivity index (χ3n) is 10.1. The smallest absolute Gasteiger partial charge is 0.137 e. The van der Waals surface area contributed by atoms with Crippen LogP contribution in [0.1, 0.15) is 0 Å². The van der Waals surface area contributed by atoms with Crippen molar-refractivity contribution in [3.8, 4) is 21.7 Å². The van der Waals surface area contributed by atoms with E-state index in [2.05, 4.69) is 169 Å². The summed E-state index contributed by atoms with van der Waals surface area (Å²) in [7, 11) is 0. The monoisotopic (exact) mass is 700 g/mol. The predicted octanol–water partition coefficient (Wildman–Crippen LogP) is 14.5. The van der Waals surface area contributed by atoms with Crippen molar-refractivity contribution in [2.75, 3.05) is 4.90 Å². The number of furan rings is 1. The number of aromatic nitrogens is 1. The molecular formula is C47H28N2OS2. The normalized spacial score (nSPS) is 11.8. The molecule has 0 atom stereocenters. The fourth-order valence-corrected chi connectivity index (χ4v) is 9.79. The van der Waals surface area contributed by atoms with E-state index in [0.29, 0.717) is 0 Å². The average Bonchev–Trinajstić information content (AvgIpc) is 3.92. The Kier molecular flexibility index (Phi) is 6.59. The van der Waals surface area contributed by atoms with Gasteiger partial charge in [0, 0.05) is 42.5 Å². The van der Waals surface area contributed by atoms with Crippen LogP contribution in [0.2, 0.25) is 0 Å². The summed E-state index contributed by atoms with van der Waals surface area (Å²) in [5, 5.41) is 8.18. The highest BCUT2D eigenvalue weighted by Crippen LogP contribution is 2.47. The largest absolute Gasteiger partial charge is 0.456 e. The van der Waals surface area contributed by atoms with Crippen molar-refractivity contribution < 1.29 is 4.42 Å². The Hall–Kier alpha value is -6.27. The zero-order valence-corrected chi connectivity index (χ0v) is 29.4. The van der Waals surface area contributed by atoms with Gasteiger partial charge in [-0.1, -0.05) is 109 Å². The second-order valence-electron chi connectivity index (χ2n) is 13.1. The van der Waals surface area contributed by atoms with E-state index in [1.165, 1.54) is 46.8 Å². The summed E-state index contributed by atoms with van der Waals surface area (Å²) < 4.78 is 10.1. The first-order valence-corrected chi connectivity index (χ1v) is 19.0. The molecule has 0 N–H and O–H groups in total. The molecule has 0 amide bonds. The molecule has 0 saturated heterocycles. The van der Waals surface area contributed by atoms with Crippen molar-refractivity contribution in [3.05, 3.63) is 170 Å². The molecule has 0 bridgehead atoms. The van der Waals surface area contributed by atoms with E-state index < -0.39 is 0 Å². The van der Waals surface area contributed by atoms with Crippen molar-refractivity contribution >= 4 is 103 Å². The Morgan fingerprint density at radius 3 is 2.08 bits per heavy atom. The molecule has 0 aliphatic carbocycles. The van der Waals surface area contributed by atoms with Crippen molar-refractivity contribution in [3.63, 3.8) is 0 Å². The van der Waals surface area contributed by atoms with Crippen molar-refractivity contribution in [1.29, 1.82) is 0 Å². The number of hydrogen-bond acceptors (Lipinski definition) is 5. The number of anilines is 3. The topological polar surface area (TPSA) is 29.3 Å². The molecule has 11 rings (SSSR count). The van der Waals surface area contributed by atoms with Gasteiger partial charge in [-0.15, -0.1) is 22.7 Å². The molecule has 8 aromatic carbocycles. The lowest BCUT2D eigenvalue weighted by Crippen LogP contribution is -2.10. The van der Waals surface area contributed by atoms with E-state index >= 15 is 0 Å². The van der Waals surface area contributed by atoms with Gasteiger partial charge in [0.2, 0.25) is 0 Å². The maximum absolute atomic E-state index is 6.40. The van der Waals surface area contributed by atoms with Gasteiger partial charge in [-0.05, 0) is 82.6 Å². The third kappa shape index (κ3) is 4.60. The van der Waals surface area contributed by atoms with Crippen LogP contribution in [0, 0.1) is 0 Å². The molecule has 3 heterocycles. The number of thiazole rings is 1. The molecule has 11 aromatic rings. The van der Waals surface area contributed by atoms with Crippen LogP contribution < -0.4 is 4.90 Å². The second kappa shape index (κ2) is 11.6. The summed E-state index contributed by atoms with van der Waals surface area (Å²) in [5.74, 6) is 0. The second-order valence-corrected chi connectivity index (χ2v) is 15.2. The molecule has 0 saturated carbocycles. The number of fused-ring (bicyclic) bond motifs is 9. The minimum absolute atomic E-state index is 0.871. The van der Waals surface area contributed by atoms with Gasteiger partial charge in [-0.3, -0.25) is 0 Å². The van der Waals surface area contributed by atoms with Gasteiger partial charge in [0.1, 0.15) is 16.2 Å². The maximum atomic E-state index is 6.40. The van der Waals surface area contributed by atoms with E-state index in [-0.39, 0.29) is 0 Å². The van der Waals surface area contributed by atoms with Gasteiger partial charge in [0.25, 0.3) is 0 Å². The Bertz CT molecular complexity index is 3130. The van der Waals surface area contributed by atoms with Crippen LogP contribution in [0.3, 0.4) is 0 Å². The van der Waals surface area contributed by atoms with Crippen molar-refractivity contribution in [1.82, 2.24) is 4.98 Å². The van der Waals surface area contributed by atoms with Gasteiger partial charge >= 0.3 is 0 Å². The molecule has 52 heavy (non-hydrogen) atoms. The lowest BCUT2D eigenvalue weighted by molar-refractivity contribution is 0.669. The predicted molar refractivity (Wildman–Crippen MR) is 223 cm³/mol. The highest BCUT2D eigenvalue weighted by Gasteiger charge is 2.21. The van der Waals surface area contributed by atoms with E-state index in [1.807, 2.05) is 17.4 Å². The molecule has 0 aliphatic heterocycles. The van der Waals surface area contributed by atoms with Crippen LogP contribution in [0.15, 0.2) is 174 Å². The van der Waals surface area contributed by atoms with Gasteiger partial charge in [0.15, 0.2) is 0 Å². The molecule has 0 spiro atoms. The summed E-state index contributed by atoms with van der Waals surface area (Å²) in [4.78, 5) is 7.64. The molecule has 0 unspecified atom stereocenters. The molecule has 3 nitrogen and oxygen atoms in total. The van der Waals surface area contributed by atoms with Gasteiger partial charge in [0.05, 0.1) is 21.3 Å². The third-order valence-corrected chi connectivity index (χ3v) is 12.3.